The number of benzene rings is 1. The number of aliphatic imine (C=N–C) groups is 1. The van der Waals surface area contributed by atoms with Gasteiger partial charge in [0, 0.05) is 23.2 Å². The van der Waals surface area contributed by atoms with Gasteiger partial charge in [0.25, 0.3) is 0 Å². The minimum atomic E-state index is 0.171. The summed E-state index contributed by atoms with van der Waals surface area (Å²) in [4.78, 5) is 7.55. The maximum atomic E-state index is 9.98. The molecule has 1 heterocycles. The monoisotopic (exact) mass is 258 g/mol. The van der Waals surface area contributed by atoms with Gasteiger partial charge in [0.1, 0.15) is 5.75 Å². The summed E-state index contributed by atoms with van der Waals surface area (Å²) < 4.78 is 5.22. The van der Waals surface area contributed by atoms with E-state index in [0.29, 0.717) is 6.04 Å². The van der Waals surface area contributed by atoms with Crippen LogP contribution in [-0.2, 0) is 0 Å². The molecule has 0 spiro atoms. The quantitative estimate of drug-likeness (QED) is 0.830. The van der Waals surface area contributed by atoms with E-state index in [1.54, 1.807) is 13.3 Å². The molecule has 0 radical (unpaired) electrons. The molecule has 100 valence electrons. The molecule has 4 nitrogen and oxygen atoms in total. The van der Waals surface area contributed by atoms with Crippen LogP contribution in [0.1, 0.15) is 31.2 Å². The number of hydrogen-bond acceptors (Lipinski definition) is 3. The molecule has 2 aromatic rings. The normalized spacial score (nSPS) is 16.7. The van der Waals surface area contributed by atoms with Crippen LogP contribution in [0.4, 0.5) is 0 Å². The van der Waals surface area contributed by atoms with E-state index in [1.807, 2.05) is 18.2 Å². The van der Waals surface area contributed by atoms with Gasteiger partial charge in [-0.2, -0.15) is 0 Å². The van der Waals surface area contributed by atoms with Crippen molar-refractivity contribution in [3.05, 3.63) is 23.8 Å². The minimum absolute atomic E-state index is 0.171. The minimum Gasteiger partial charge on any atom is -0.497 e. The molecular formula is C15H18N2O2. The van der Waals surface area contributed by atoms with Crippen molar-refractivity contribution in [2.75, 3.05) is 7.11 Å². The average Bonchev–Trinajstić information content (AvgIpc) is 3.03. The van der Waals surface area contributed by atoms with Gasteiger partial charge in [0.05, 0.1) is 12.7 Å². The number of ether oxygens (including phenoxy) is 1. The molecule has 1 aromatic heterocycles. The first kappa shape index (κ1) is 12.1. The van der Waals surface area contributed by atoms with E-state index >= 15 is 0 Å². The maximum Gasteiger partial charge on any atom is 0.198 e. The number of rotatable bonds is 3. The maximum absolute atomic E-state index is 9.98. The van der Waals surface area contributed by atoms with Gasteiger partial charge in [0.15, 0.2) is 5.88 Å². The van der Waals surface area contributed by atoms with Crippen molar-refractivity contribution in [2.45, 2.75) is 31.7 Å². The van der Waals surface area contributed by atoms with Gasteiger partial charge < -0.3 is 14.8 Å². The van der Waals surface area contributed by atoms with Gasteiger partial charge >= 0.3 is 0 Å². The molecule has 1 fully saturated rings. The van der Waals surface area contributed by atoms with Crippen LogP contribution in [0.5, 0.6) is 11.6 Å². The number of hydrogen-bond donors (Lipinski definition) is 2. The Morgan fingerprint density at radius 1 is 1.37 bits per heavy atom. The summed E-state index contributed by atoms with van der Waals surface area (Å²) in [7, 11) is 1.64. The van der Waals surface area contributed by atoms with Gasteiger partial charge in [-0.15, -0.1) is 0 Å². The number of aromatic amines is 1. The van der Waals surface area contributed by atoms with Crippen molar-refractivity contribution in [1.82, 2.24) is 4.98 Å². The lowest BCUT2D eigenvalue weighted by Crippen LogP contribution is -1.96. The molecular weight excluding hydrogens is 240 g/mol. The fourth-order valence-electron chi connectivity index (χ4n) is 2.67. The van der Waals surface area contributed by atoms with E-state index in [1.165, 1.54) is 12.8 Å². The zero-order valence-corrected chi connectivity index (χ0v) is 11.0. The van der Waals surface area contributed by atoms with Crippen molar-refractivity contribution >= 4 is 17.1 Å². The van der Waals surface area contributed by atoms with Crippen molar-refractivity contribution in [3.8, 4) is 11.6 Å². The van der Waals surface area contributed by atoms with Crippen LogP contribution in [0.3, 0.4) is 0 Å². The Hall–Kier alpha value is -1.97. The van der Waals surface area contributed by atoms with Gasteiger partial charge in [0.2, 0.25) is 0 Å². The standard InChI is InChI=1S/C15H18N2O2/c1-19-11-6-7-14-12(8-11)13(15(18)17-14)9-16-10-4-2-3-5-10/h6-10,17-18H,2-5H2,1H3. The number of H-pyrrole nitrogens is 1. The average molecular weight is 258 g/mol. The number of aromatic nitrogens is 1. The van der Waals surface area contributed by atoms with E-state index in [2.05, 4.69) is 9.98 Å². The first-order chi connectivity index (χ1) is 9.28. The number of methoxy groups -OCH3 is 1. The highest BCUT2D eigenvalue weighted by molar-refractivity contribution is 6.02. The zero-order chi connectivity index (χ0) is 13.2. The van der Waals surface area contributed by atoms with Crippen LogP contribution in [0.25, 0.3) is 10.9 Å². The lowest BCUT2D eigenvalue weighted by Gasteiger charge is -2.01. The lowest BCUT2D eigenvalue weighted by molar-refractivity contribution is 0.415. The Kier molecular flexibility index (Phi) is 3.15. The fraction of sp³-hybridized carbons (Fsp3) is 0.400. The largest absolute Gasteiger partial charge is 0.497 e. The predicted octanol–water partition coefficient (Wildman–Crippen LogP) is 3.24. The fourth-order valence-corrected chi connectivity index (χ4v) is 2.67. The highest BCUT2D eigenvalue weighted by Crippen LogP contribution is 2.29. The first-order valence-corrected chi connectivity index (χ1v) is 6.70. The summed E-state index contributed by atoms with van der Waals surface area (Å²) >= 11 is 0. The van der Waals surface area contributed by atoms with Gasteiger partial charge in [-0.25, -0.2) is 0 Å². The molecule has 4 heteroatoms. The van der Waals surface area contributed by atoms with Crippen molar-refractivity contribution in [3.63, 3.8) is 0 Å². The summed E-state index contributed by atoms with van der Waals surface area (Å²) in [5.41, 5.74) is 1.65. The molecule has 1 aliphatic carbocycles. The SMILES string of the molecule is COc1ccc2[nH]c(O)c(C=NC3CCCC3)c2c1. The lowest BCUT2D eigenvalue weighted by atomic mass is 10.1. The molecule has 0 saturated heterocycles. The third kappa shape index (κ3) is 2.30. The molecule has 0 aliphatic heterocycles. The molecule has 3 rings (SSSR count). The summed E-state index contributed by atoms with van der Waals surface area (Å²) in [5.74, 6) is 0.951. The van der Waals surface area contributed by atoms with E-state index in [0.717, 1.165) is 35.1 Å². The summed E-state index contributed by atoms with van der Waals surface area (Å²) in [6.45, 7) is 0. The molecule has 1 aliphatic rings. The highest BCUT2D eigenvalue weighted by atomic mass is 16.5. The second-order valence-corrected chi connectivity index (χ2v) is 5.02. The summed E-state index contributed by atoms with van der Waals surface area (Å²) in [6.07, 6.45) is 6.63. The van der Waals surface area contributed by atoms with Crippen molar-refractivity contribution < 1.29 is 9.84 Å². The number of nitrogens with zero attached hydrogens (tertiary/aromatic N) is 1. The summed E-state index contributed by atoms with van der Waals surface area (Å²) in [5, 5.41) is 10.9. The molecule has 0 amide bonds. The molecule has 0 unspecified atom stereocenters. The zero-order valence-electron chi connectivity index (χ0n) is 11.0. The Labute approximate surface area is 112 Å². The Balaban J connectivity index is 1.98. The van der Waals surface area contributed by atoms with Crippen LogP contribution in [0.15, 0.2) is 23.2 Å². The van der Waals surface area contributed by atoms with Gasteiger partial charge in [-0.05, 0) is 31.0 Å². The Morgan fingerprint density at radius 2 is 2.16 bits per heavy atom. The summed E-state index contributed by atoms with van der Waals surface area (Å²) in [6, 6.07) is 6.10. The predicted molar refractivity (Wildman–Crippen MR) is 76.4 cm³/mol. The molecule has 0 atom stereocenters. The molecule has 1 saturated carbocycles. The number of nitrogens with one attached hydrogen (secondary N) is 1. The highest BCUT2D eigenvalue weighted by Gasteiger charge is 2.14. The van der Waals surface area contributed by atoms with Gasteiger partial charge in [-0.1, -0.05) is 12.8 Å². The van der Waals surface area contributed by atoms with E-state index < -0.39 is 0 Å². The third-order valence-corrected chi connectivity index (χ3v) is 3.76. The molecule has 2 N–H and O–H groups in total. The van der Waals surface area contributed by atoms with Crippen LogP contribution in [-0.4, -0.2) is 29.5 Å². The van der Waals surface area contributed by atoms with E-state index in [-0.39, 0.29) is 5.88 Å². The third-order valence-electron chi connectivity index (χ3n) is 3.76. The topological polar surface area (TPSA) is 57.6 Å². The second-order valence-electron chi connectivity index (χ2n) is 5.02. The van der Waals surface area contributed by atoms with Crippen LogP contribution < -0.4 is 4.74 Å². The number of fused-ring (bicyclic) bond motifs is 1. The van der Waals surface area contributed by atoms with Crippen LogP contribution in [0.2, 0.25) is 0 Å². The first-order valence-electron chi connectivity index (χ1n) is 6.70. The Morgan fingerprint density at radius 3 is 2.89 bits per heavy atom. The van der Waals surface area contributed by atoms with Gasteiger partial charge in [-0.3, -0.25) is 4.99 Å². The molecule has 1 aromatic carbocycles. The van der Waals surface area contributed by atoms with E-state index in [4.69, 9.17) is 4.74 Å². The van der Waals surface area contributed by atoms with Crippen molar-refractivity contribution in [2.24, 2.45) is 4.99 Å². The molecule has 0 bridgehead atoms. The smallest absolute Gasteiger partial charge is 0.198 e. The second kappa shape index (κ2) is 4.96. The number of aromatic hydroxyl groups is 1. The van der Waals surface area contributed by atoms with E-state index in [9.17, 15) is 5.11 Å². The van der Waals surface area contributed by atoms with Crippen LogP contribution in [0, 0.1) is 0 Å². The Bertz CT molecular complexity index is 610. The van der Waals surface area contributed by atoms with Crippen molar-refractivity contribution in [1.29, 1.82) is 0 Å². The molecule has 19 heavy (non-hydrogen) atoms. The van der Waals surface area contributed by atoms with Crippen LogP contribution >= 0.6 is 0 Å².